The summed E-state index contributed by atoms with van der Waals surface area (Å²) in [5, 5.41) is 9.70. The zero-order valence-electron chi connectivity index (χ0n) is 15.8. The summed E-state index contributed by atoms with van der Waals surface area (Å²) in [6.07, 6.45) is 8.82. The Balaban J connectivity index is 1.66. The summed E-state index contributed by atoms with van der Waals surface area (Å²) in [7, 11) is 0. The Morgan fingerprint density at radius 3 is 2.60 bits per heavy atom. The second-order valence-electron chi connectivity index (χ2n) is 6.96. The minimum absolute atomic E-state index is 0.0563. The van der Waals surface area contributed by atoms with Crippen molar-refractivity contribution in [1.82, 2.24) is 15.1 Å². The van der Waals surface area contributed by atoms with Crippen LogP contribution in [0.3, 0.4) is 0 Å². The zero-order chi connectivity index (χ0) is 21.1. The minimum atomic E-state index is -4.49. The van der Waals surface area contributed by atoms with E-state index in [0.29, 0.717) is 11.3 Å². The van der Waals surface area contributed by atoms with Gasteiger partial charge in [0.1, 0.15) is 11.4 Å². The first-order valence-electron chi connectivity index (χ1n) is 9.42. The Morgan fingerprint density at radius 2 is 1.83 bits per heavy atom. The van der Waals surface area contributed by atoms with Gasteiger partial charge in [0.05, 0.1) is 12.2 Å². The molecule has 1 aliphatic carbocycles. The van der Waals surface area contributed by atoms with Crippen LogP contribution in [-0.2, 0) is 0 Å². The lowest BCUT2D eigenvalue weighted by Gasteiger charge is -2.34. The number of benzene rings is 1. The molecule has 5 nitrogen and oxygen atoms in total. The number of alkyl halides is 3. The van der Waals surface area contributed by atoms with Gasteiger partial charge in [-0.3, -0.25) is 4.79 Å². The summed E-state index contributed by atoms with van der Waals surface area (Å²) in [5.41, 5.74) is 1.29. The van der Waals surface area contributed by atoms with E-state index in [2.05, 4.69) is 15.7 Å². The van der Waals surface area contributed by atoms with E-state index in [1.165, 1.54) is 6.20 Å². The Bertz CT molecular complexity index is 1050. The van der Waals surface area contributed by atoms with Crippen LogP contribution in [0.25, 0.3) is 0 Å². The lowest BCUT2D eigenvalue weighted by atomic mass is 9.96. The van der Waals surface area contributed by atoms with Gasteiger partial charge in [0.25, 0.3) is 5.91 Å². The molecule has 2 aromatic rings. The molecule has 1 aromatic heterocycles. The van der Waals surface area contributed by atoms with Crippen molar-refractivity contribution < 1.29 is 18.0 Å². The molecule has 0 bridgehead atoms. The first kappa shape index (κ1) is 19.8. The summed E-state index contributed by atoms with van der Waals surface area (Å²) in [6, 6.07) is 6.46. The molecular formula is C22H19F3N4O. The topological polar surface area (TPSA) is 59.0 Å². The lowest BCUT2D eigenvalue weighted by molar-refractivity contribution is -0.173. The first-order chi connectivity index (χ1) is 14.4. The number of carbonyl (C=O) groups is 1. The number of hydrogen-bond acceptors (Lipinski definition) is 3. The maximum atomic E-state index is 13.8. The average Bonchev–Trinajstić information content (AvgIpc) is 3.13. The number of nitrogens with one attached hydrogen (secondary N) is 2. The maximum Gasteiger partial charge on any atom is 0.410 e. The molecule has 2 aliphatic rings. The van der Waals surface area contributed by atoms with Gasteiger partial charge in [-0.2, -0.15) is 18.3 Å². The summed E-state index contributed by atoms with van der Waals surface area (Å²) < 4.78 is 42.1. The third kappa shape index (κ3) is 4.07. The predicted molar refractivity (Wildman–Crippen MR) is 108 cm³/mol. The highest BCUT2D eigenvalue weighted by atomic mass is 19.4. The molecule has 2 unspecified atom stereocenters. The van der Waals surface area contributed by atoms with Gasteiger partial charge in [0, 0.05) is 12.1 Å². The van der Waals surface area contributed by atoms with Crippen LogP contribution < -0.4 is 10.6 Å². The quantitative estimate of drug-likeness (QED) is 0.759. The Morgan fingerprint density at radius 1 is 1.10 bits per heavy atom. The number of rotatable bonds is 3. The van der Waals surface area contributed by atoms with E-state index in [-0.39, 0.29) is 17.8 Å². The molecule has 0 radical (unpaired) electrons. The molecular weight excluding hydrogens is 393 g/mol. The second-order valence-corrected chi connectivity index (χ2v) is 6.96. The molecule has 1 amide bonds. The number of anilines is 1. The molecule has 2 N–H and O–H groups in total. The van der Waals surface area contributed by atoms with E-state index in [9.17, 15) is 18.0 Å². The third-order valence-corrected chi connectivity index (χ3v) is 4.94. The zero-order valence-corrected chi connectivity index (χ0v) is 15.8. The van der Waals surface area contributed by atoms with Crippen molar-refractivity contribution in [2.24, 2.45) is 0 Å². The first-order valence-corrected chi connectivity index (χ1v) is 9.42. The maximum absolute atomic E-state index is 13.8. The smallest absolute Gasteiger partial charge is 0.363 e. The number of carbonyl (C=O) groups excluding carboxylic acids is 1. The van der Waals surface area contributed by atoms with E-state index in [1.807, 2.05) is 6.08 Å². The van der Waals surface area contributed by atoms with Gasteiger partial charge in [0.2, 0.25) is 0 Å². The summed E-state index contributed by atoms with van der Waals surface area (Å²) in [4.78, 5) is 12.8. The van der Waals surface area contributed by atoms with Crippen LogP contribution in [0.4, 0.5) is 19.0 Å². The van der Waals surface area contributed by atoms with E-state index < -0.39 is 24.2 Å². The highest BCUT2D eigenvalue weighted by Gasteiger charge is 2.47. The van der Waals surface area contributed by atoms with Gasteiger partial charge < -0.3 is 10.6 Å². The monoisotopic (exact) mass is 412 g/mol. The van der Waals surface area contributed by atoms with Crippen molar-refractivity contribution in [3.63, 3.8) is 0 Å². The Labute approximate surface area is 171 Å². The van der Waals surface area contributed by atoms with Gasteiger partial charge in [0.15, 0.2) is 6.04 Å². The Kier molecular flexibility index (Phi) is 5.31. The van der Waals surface area contributed by atoms with Gasteiger partial charge in [-0.1, -0.05) is 60.7 Å². The van der Waals surface area contributed by atoms with Gasteiger partial charge in [-0.05, 0) is 17.7 Å². The molecule has 2 heterocycles. The van der Waals surface area contributed by atoms with Gasteiger partial charge in [-0.15, -0.1) is 0 Å². The molecule has 154 valence electrons. The van der Waals surface area contributed by atoms with Gasteiger partial charge in [-0.25, -0.2) is 4.68 Å². The molecule has 0 saturated heterocycles. The van der Waals surface area contributed by atoms with Crippen LogP contribution in [0.5, 0.6) is 0 Å². The molecule has 0 fully saturated rings. The van der Waals surface area contributed by atoms with Crippen LogP contribution in [-0.4, -0.2) is 21.9 Å². The summed E-state index contributed by atoms with van der Waals surface area (Å²) in [5.74, 6) is -0.479. The SMILES string of the molecule is O=C(NC1=CC=CC=CC=C1)c1cnn2c1NC(c1ccccc1)CC2C(F)(F)F. The summed E-state index contributed by atoms with van der Waals surface area (Å²) >= 11 is 0. The van der Waals surface area contributed by atoms with Crippen LogP contribution in [0.1, 0.15) is 34.4 Å². The van der Waals surface area contributed by atoms with Crippen molar-refractivity contribution in [3.05, 3.63) is 95.9 Å². The van der Waals surface area contributed by atoms with E-state index >= 15 is 0 Å². The van der Waals surface area contributed by atoms with Crippen LogP contribution in [0, 0.1) is 0 Å². The van der Waals surface area contributed by atoms with Crippen molar-refractivity contribution in [2.75, 3.05) is 5.32 Å². The fourth-order valence-electron chi connectivity index (χ4n) is 3.48. The fourth-order valence-corrected chi connectivity index (χ4v) is 3.48. The molecule has 30 heavy (non-hydrogen) atoms. The number of hydrogen-bond donors (Lipinski definition) is 2. The van der Waals surface area contributed by atoms with E-state index in [4.69, 9.17) is 0 Å². The van der Waals surface area contributed by atoms with Crippen LogP contribution >= 0.6 is 0 Å². The Hall–Kier alpha value is -3.55. The molecule has 1 aliphatic heterocycles. The van der Waals surface area contributed by atoms with Crippen molar-refractivity contribution in [2.45, 2.75) is 24.7 Å². The van der Waals surface area contributed by atoms with Crippen molar-refractivity contribution in [3.8, 4) is 0 Å². The normalized spacial score (nSPS) is 20.6. The summed E-state index contributed by atoms with van der Waals surface area (Å²) in [6.45, 7) is 0. The molecule has 0 spiro atoms. The van der Waals surface area contributed by atoms with Crippen molar-refractivity contribution in [1.29, 1.82) is 0 Å². The fraction of sp³-hybridized carbons (Fsp3) is 0.182. The molecule has 1 aromatic carbocycles. The third-order valence-electron chi connectivity index (χ3n) is 4.94. The van der Waals surface area contributed by atoms with Crippen molar-refractivity contribution >= 4 is 11.7 Å². The van der Waals surface area contributed by atoms with E-state index in [1.54, 1.807) is 66.8 Å². The standard InChI is InChI=1S/C22H19F3N4O/c23-22(24,25)19-13-18(15-9-5-4-6-10-15)28-20-17(14-26-29(19)20)21(30)27-16-11-7-2-1-3-8-12-16/h1-12,14,18-19,28H,13H2,(H,27,30). The van der Waals surface area contributed by atoms with Crippen LogP contribution in [0.2, 0.25) is 0 Å². The second kappa shape index (κ2) is 8.06. The highest BCUT2D eigenvalue weighted by molar-refractivity contribution is 6.00. The molecule has 4 rings (SSSR count). The molecule has 0 saturated carbocycles. The average molecular weight is 412 g/mol. The number of nitrogens with zero attached hydrogens (tertiary/aromatic N) is 2. The molecule has 8 heteroatoms. The number of amides is 1. The minimum Gasteiger partial charge on any atom is -0.363 e. The number of halogens is 3. The number of fused-ring (bicyclic) bond motifs is 1. The molecule has 2 atom stereocenters. The van der Waals surface area contributed by atoms with Gasteiger partial charge >= 0.3 is 6.18 Å². The predicted octanol–water partition coefficient (Wildman–Crippen LogP) is 4.84. The van der Waals surface area contributed by atoms with Crippen LogP contribution in [0.15, 0.2) is 84.8 Å². The number of allylic oxidation sites excluding steroid dienone is 7. The largest absolute Gasteiger partial charge is 0.410 e. The lowest BCUT2D eigenvalue weighted by Crippen LogP contribution is -2.36. The number of aromatic nitrogens is 2. The van der Waals surface area contributed by atoms with E-state index in [0.717, 1.165) is 4.68 Å². The highest BCUT2D eigenvalue weighted by Crippen LogP contribution is 2.44.